The molecule has 4 fully saturated rings. The number of allylic oxidation sites excluding steroid dienone is 1. The molecule has 5 aliphatic rings. The summed E-state index contributed by atoms with van der Waals surface area (Å²) in [6.45, 7) is 9.37. The predicted octanol–water partition coefficient (Wildman–Crippen LogP) is 5.09. The van der Waals surface area contributed by atoms with E-state index in [1.165, 1.54) is 13.3 Å². The zero-order valence-electron chi connectivity index (χ0n) is 19.9. The molecule has 0 aromatic heterocycles. The number of rotatable bonds is 3. The molecule has 6 heteroatoms. The van der Waals surface area contributed by atoms with Crippen molar-refractivity contribution in [3.05, 3.63) is 11.6 Å². The average molecular weight is 444 g/mol. The lowest BCUT2D eigenvalue weighted by atomic mass is 9.46. The molecule has 32 heavy (non-hydrogen) atoms. The predicted molar refractivity (Wildman–Crippen MR) is 117 cm³/mol. The number of nitrogens with zero attached hydrogens (tertiary/aromatic N) is 1. The maximum Gasteiger partial charge on any atom is 0.339 e. The Morgan fingerprint density at radius 2 is 1.91 bits per heavy atom. The highest BCUT2D eigenvalue weighted by atomic mass is 17.2. The minimum absolute atomic E-state index is 0.0149. The van der Waals surface area contributed by atoms with Crippen LogP contribution in [-0.4, -0.2) is 30.6 Å². The van der Waals surface area contributed by atoms with Crippen molar-refractivity contribution in [3.8, 4) is 6.07 Å². The first-order valence-corrected chi connectivity index (χ1v) is 12.4. The molecule has 1 heterocycles. The monoisotopic (exact) mass is 443 g/mol. The van der Waals surface area contributed by atoms with Crippen LogP contribution < -0.4 is 0 Å². The third kappa shape index (κ3) is 3.19. The van der Waals surface area contributed by atoms with Gasteiger partial charge in [-0.3, -0.25) is 4.89 Å². The van der Waals surface area contributed by atoms with E-state index in [-0.39, 0.29) is 22.5 Å². The Morgan fingerprint density at radius 1 is 1.16 bits per heavy atom. The van der Waals surface area contributed by atoms with Crippen LogP contribution in [0.25, 0.3) is 0 Å². The van der Waals surface area contributed by atoms with Gasteiger partial charge < -0.3 is 9.47 Å². The fraction of sp³-hybridized carbons (Fsp3) is 0.846. The van der Waals surface area contributed by atoms with E-state index < -0.39 is 11.6 Å². The smallest absolute Gasteiger partial charge is 0.339 e. The maximum atomic E-state index is 11.4. The summed E-state index contributed by atoms with van der Waals surface area (Å²) in [5.41, 5.74) is 0.664. The number of fused-ring (bicyclic) bond motifs is 5. The van der Waals surface area contributed by atoms with Gasteiger partial charge in [0, 0.05) is 25.7 Å². The van der Waals surface area contributed by atoms with Crippen molar-refractivity contribution in [1.29, 1.82) is 5.26 Å². The van der Waals surface area contributed by atoms with Crippen LogP contribution in [0.3, 0.4) is 0 Å². The van der Waals surface area contributed by atoms with Crippen molar-refractivity contribution in [2.45, 2.75) is 90.4 Å². The van der Waals surface area contributed by atoms with Crippen LogP contribution in [0.1, 0.15) is 79.1 Å². The highest BCUT2D eigenvalue weighted by molar-refractivity contribution is 5.65. The van der Waals surface area contributed by atoms with Crippen LogP contribution in [0.4, 0.5) is 0 Å². The summed E-state index contributed by atoms with van der Waals surface area (Å²) in [4.78, 5) is 21.7. The van der Waals surface area contributed by atoms with Gasteiger partial charge >= 0.3 is 5.97 Å². The normalized spacial score (nSPS) is 43.9. The third-order valence-electron chi connectivity index (χ3n) is 10.1. The molecule has 0 radical (unpaired) electrons. The summed E-state index contributed by atoms with van der Waals surface area (Å²) < 4.78 is 12.1. The molecule has 1 spiro atoms. The fourth-order valence-electron chi connectivity index (χ4n) is 8.55. The van der Waals surface area contributed by atoms with E-state index in [0.29, 0.717) is 31.0 Å². The molecule has 7 atom stereocenters. The molecule has 0 bridgehead atoms. The molecule has 3 saturated carbocycles. The quantitative estimate of drug-likeness (QED) is 0.344. The lowest BCUT2D eigenvalue weighted by Gasteiger charge is -2.59. The first-order valence-electron chi connectivity index (χ1n) is 12.4. The van der Waals surface area contributed by atoms with Crippen LogP contribution in [0.5, 0.6) is 0 Å². The van der Waals surface area contributed by atoms with E-state index in [9.17, 15) is 10.1 Å². The highest BCUT2D eigenvalue weighted by Crippen LogP contribution is 2.68. The number of ether oxygens (including phenoxy) is 2. The Hall–Kier alpha value is -1.42. The van der Waals surface area contributed by atoms with E-state index in [0.717, 1.165) is 44.9 Å². The van der Waals surface area contributed by atoms with E-state index in [1.807, 2.05) is 0 Å². The van der Waals surface area contributed by atoms with Crippen molar-refractivity contribution in [1.82, 2.24) is 0 Å². The van der Waals surface area contributed by atoms with Crippen LogP contribution in [-0.2, 0) is 24.0 Å². The Labute approximate surface area is 191 Å². The molecule has 1 unspecified atom stereocenters. The third-order valence-corrected chi connectivity index (χ3v) is 10.1. The van der Waals surface area contributed by atoms with Crippen molar-refractivity contribution in [2.24, 2.45) is 34.5 Å². The van der Waals surface area contributed by atoms with E-state index in [4.69, 9.17) is 19.2 Å². The molecule has 4 aliphatic carbocycles. The molecule has 5 rings (SSSR count). The number of carbonyl (C=O) groups excluding carboxylic acids is 1. The molecule has 0 aromatic rings. The second-order valence-electron chi connectivity index (χ2n) is 11.6. The van der Waals surface area contributed by atoms with Crippen LogP contribution in [0.2, 0.25) is 0 Å². The average Bonchev–Trinajstić information content (AvgIpc) is 3.37. The Balaban J connectivity index is 1.39. The Kier molecular flexibility index (Phi) is 5.28. The Morgan fingerprint density at radius 3 is 2.59 bits per heavy atom. The van der Waals surface area contributed by atoms with Gasteiger partial charge in [0.25, 0.3) is 0 Å². The SMILES string of the molecule is CC(=O)OOC(C)(C#N)[C@H]1CC[C@H]2[C@@H]3CC=C4CC5(CC[C@]4(C)[C@H]3CC[C@]12C)OCCO5. The van der Waals surface area contributed by atoms with Crippen LogP contribution in [0.15, 0.2) is 11.6 Å². The van der Waals surface area contributed by atoms with Crippen molar-refractivity contribution >= 4 is 5.97 Å². The van der Waals surface area contributed by atoms with Gasteiger partial charge in [0.05, 0.1) is 13.2 Å². The summed E-state index contributed by atoms with van der Waals surface area (Å²) in [5, 5.41) is 9.99. The van der Waals surface area contributed by atoms with Crippen molar-refractivity contribution < 1.29 is 24.0 Å². The standard InChI is InChI=1S/C26H37NO5/c1-17(28)31-32-25(4,16-27)22-8-7-20-19-6-5-18-15-26(29-13-14-30-26)12-11-23(18,2)21(19)9-10-24(20,22)3/h5,19-22H,6-15H2,1-4H3/t19-,20-,21-,22-,23-,24-,25?/m0/s1. The molecular weight excluding hydrogens is 406 g/mol. The van der Waals surface area contributed by atoms with Crippen LogP contribution in [0, 0.1) is 45.8 Å². The molecule has 0 N–H and O–H groups in total. The first-order chi connectivity index (χ1) is 15.2. The van der Waals surface area contributed by atoms with Crippen molar-refractivity contribution in [2.75, 3.05) is 13.2 Å². The lowest BCUT2D eigenvalue weighted by molar-refractivity contribution is -0.330. The summed E-state index contributed by atoms with van der Waals surface area (Å²) in [7, 11) is 0. The zero-order valence-corrected chi connectivity index (χ0v) is 19.9. The first kappa shape index (κ1) is 22.4. The van der Waals surface area contributed by atoms with Crippen molar-refractivity contribution in [3.63, 3.8) is 0 Å². The lowest BCUT2D eigenvalue weighted by Crippen LogP contribution is -2.54. The molecule has 1 aliphatic heterocycles. The summed E-state index contributed by atoms with van der Waals surface area (Å²) in [5.74, 6) is 1.02. The maximum absolute atomic E-state index is 11.4. The number of hydrogen-bond donors (Lipinski definition) is 0. The van der Waals surface area contributed by atoms with Gasteiger partial charge in [0.1, 0.15) is 6.07 Å². The van der Waals surface area contributed by atoms with Gasteiger partial charge in [-0.15, -0.1) is 0 Å². The van der Waals surface area contributed by atoms with Gasteiger partial charge in [0.2, 0.25) is 5.60 Å². The zero-order chi connectivity index (χ0) is 22.8. The number of hydrogen-bond acceptors (Lipinski definition) is 6. The van der Waals surface area contributed by atoms with Gasteiger partial charge in [-0.2, -0.15) is 10.1 Å². The Bertz CT molecular complexity index is 857. The topological polar surface area (TPSA) is 77.8 Å². The van der Waals surface area contributed by atoms with E-state index >= 15 is 0 Å². The number of nitriles is 1. The molecule has 0 amide bonds. The molecular formula is C26H37NO5. The van der Waals surface area contributed by atoms with E-state index in [1.54, 1.807) is 12.5 Å². The van der Waals surface area contributed by atoms with Gasteiger partial charge in [-0.1, -0.05) is 25.5 Å². The minimum Gasteiger partial charge on any atom is -0.347 e. The van der Waals surface area contributed by atoms with Gasteiger partial charge in [-0.05, 0) is 74.0 Å². The minimum atomic E-state index is -1.12. The van der Waals surface area contributed by atoms with E-state index in [2.05, 4.69) is 26.0 Å². The fourth-order valence-corrected chi connectivity index (χ4v) is 8.55. The largest absolute Gasteiger partial charge is 0.347 e. The highest BCUT2D eigenvalue weighted by Gasteiger charge is 2.63. The second kappa shape index (κ2) is 7.55. The molecule has 176 valence electrons. The van der Waals surface area contributed by atoms with Gasteiger partial charge in [-0.25, -0.2) is 4.79 Å². The molecule has 6 nitrogen and oxygen atoms in total. The number of carbonyl (C=O) groups is 1. The summed E-state index contributed by atoms with van der Waals surface area (Å²) in [6, 6.07) is 2.35. The van der Waals surface area contributed by atoms with Crippen LogP contribution >= 0.6 is 0 Å². The second-order valence-corrected chi connectivity index (χ2v) is 11.6. The summed E-state index contributed by atoms with van der Waals surface area (Å²) in [6.07, 6.45) is 10.9. The summed E-state index contributed by atoms with van der Waals surface area (Å²) >= 11 is 0. The molecule has 1 saturated heterocycles. The molecule has 0 aromatic carbocycles. The van der Waals surface area contributed by atoms with Gasteiger partial charge in [0.15, 0.2) is 5.79 Å².